The summed E-state index contributed by atoms with van der Waals surface area (Å²) in [4.78, 5) is 4.25. The number of alkyl halides is 1. The largest absolute Gasteiger partial charge is 0.466 e. The Labute approximate surface area is 106 Å². The van der Waals surface area contributed by atoms with E-state index in [2.05, 4.69) is 4.98 Å². The minimum absolute atomic E-state index is 0.626. The molecule has 0 N–H and O–H groups in total. The zero-order valence-corrected chi connectivity index (χ0v) is 11.1. The summed E-state index contributed by atoms with van der Waals surface area (Å²) in [5, 5.41) is 0. The molecule has 17 heavy (non-hydrogen) atoms. The second-order valence-electron chi connectivity index (χ2n) is 4.13. The van der Waals surface area contributed by atoms with E-state index in [1.165, 1.54) is 0 Å². The normalized spacial score (nSPS) is 11.1. The van der Waals surface area contributed by atoms with Gasteiger partial charge in [0.15, 0.2) is 11.7 Å². The molecule has 2 rings (SSSR count). The summed E-state index contributed by atoms with van der Waals surface area (Å²) < 4.78 is 11.3. The zero-order chi connectivity index (χ0) is 12.4. The first-order valence-corrected chi connectivity index (χ1v) is 6.24. The summed E-state index contributed by atoms with van der Waals surface area (Å²) in [6.45, 7) is 5.93. The van der Waals surface area contributed by atoms with Crippen LogP contribution in [0.2, 0.25) is 0 Å². The molecule has 0 bridgehead atoms. The van der Waals surface area contributed by atoms with E-state index in [1.54, 1.807) is 6.20 Å². The lowest BCUT2D eigenvalue weighted by Crippen LogP contribution is -1.84. The summed E-state index contributed by atoms with van der Waals surface area (Å²) >= 11 is 5.64. The highest BCUT2D eigenvalue weighted by atomic mass is 35.5. The highest BCUT2D eigenvalue weighted by Gasteiger charge is 2.16. The molecule has 0 fully saturated rings. The van der Waals surface area contributed by atoms with Gasteiger partial charge in [-0.1, -0.05) is 0 Å². The molecule has 0 radical (unpaired) electrons. The summed E-state index contributed by atoms with van der Waals surface area (Å²) in [5.74, 6) is 3.94. The molecular weight excluding hydrogens is 238 g/mol. The van der Waals surface area contributed by atoms with Crippen molar-refractivity contribution in [3.8, 4) is 11.3 Å². The first-order valence-electron chi connectivity index (χ1n) is 5.71. The maximum absolute atomic E-state index is 5.72. The predicted octanol–water partition coefficient (Wildman–Crippen LogP) is 4.03. The second kappa shape index (κ2) is 4.96. The Morgan fingerprint density at radius 3 is 2.53 bits per heavy atom. The average Bonchev–Trinajstić information content (AvgIpc) is 2.83. The fourth-order valence-electron chi connectivity index (χ4n) is 1.92. The second-order valence-corrected chi connectivity index (χ2v) is 4.50. The number of aryl methyl sites for hydroxylation is 3. The average molecular weight is 254 g/mol. The Hall–Kier alpha value is -1.22. The fraction of sp³-hybridized carbons (Fsp3) is 0.462. The Morgan fingerprint density at radius 1 is 1.18 bits per heavy atom. The van der Waals surface area contributed by atoms with E-state index in [0.717, 1.165) is 47.1 Å². The van der Waals surface area contributed by atoms with Gasteiger partial charge >= 0.3 is 0 Å². The summed E-state index contributed by atoms with van der Waals surface area (Å²) in [5.41, 5.74) is 2.13. The molecule has 2 aromatic heterocycles. The van der Waals surface area contributed by atoms with Gasteiger partial charge in [0.2, 0.25) is 0 Å². The molecule has 0 amide bonds. The third-order valence-electron chi connectivity index (χ3n) is 2.89. The van der Waals surface area contributed by atoms with E-state index < -0.39 is 0 Å². The van der Waals surface area contributed by atoms with E-state index in [4.69, 9.17) is 20.4 Å². The SMILES string of the molecule is Cc1oc(C)c(-c2cnc(CCCCl)o2)c1C. The Balaban J connectivity index is 2.30. The summed E-state index contributed by atoms with van der Waals surface area (Å²) in [6, 6.07) is 0. The van der Waals surface area contributed by atoms with Crippen LogP contribution in [0.4, 0.5) is 0 Å². The Morgan fingerprint density at radius 2 is 1.94 bits per heavy atom. The van der Waals surface area contributed by atoms with Gasteiger partial charge in [-0.2, -0.15) is 0 Å². The molecule has 0 saturated carbocycles. The highest BCUT2D eigenvalue weighted by molar-refractivity contribution is 6.17. The number of halogens is 1. The van der Waals surface area contributed by atoms with Gasteiger partial charge in [-0.05, 0) is 27.2 Å². The van der Waals surface area contributed by atoms with Gasteiger partial charge in [0.1, 0.15) is 11.5 Å². The zero-order valence-electron chi connectivity index (χ0n) is 10.3. The molecule has 0 unspecified atom stereocenters. The quantitative estimate of drug-likeness (QED) is 0.772. The van der Waals surface area contributed by atoms with Crippen LogP contribution >= 0.6 is 11.6 Å². The number of hydrogen-bond donors (Lipinski definition) is 0. The van der Waals surface area contributed by atoms with Crippen LogP contribution in [0, 0.1) is 20.8 Å². The first kappa shape index (κ1) is 12.2. The van der Waals surface area contributed by atoms with Crippen molar-refractivity contribution in [2.45, 2.75) is 33.6 Å². The van der Waals surface area contributed by atoms with Crippen LogP contribution < -0.4 is 0 Å². The molecule has 4 heteroatoms. The number of rotatable bonds is 4. The van der Waals surface area contributed by atoms with E-state index in [-0.39, 0.29) is 0 Å². The van der Waals surface area contributed by atoms with E-state index in [1.807, 2.05) is 20.8 Å². The van der Waals surface area contributed by atoms with Crippen LogP contribution in [0.5, 0.6) is 0 Å². The van der Waals surface area contributed by atoms with E-state index >= 15 is 0 Å². The molecule has 2 heterocycles. The molecular formula is C13H16ClNO2. The van der Waals surface area contributed by atoms with Gasteiger partial charge in [0.05, 0.1) is 11.8 Å². The molecule has 0 aromatic carbocycles. The molecule has 0 aliphatic rings. The maximum atomic E-state index is 5.72. The lowest BCUT2D eigenvalue weighted by Gasteiger charge is -1.95. The number of furan rings is 1. The predicted molar refractivity (Wildman–Crippen MR) is 67.5 cm³/mol. The van der Waals surface area contributed by atoms with Crippen molar-refractivity contribution < 1.29 is 8.83 Å². The van der Waals surface area contributed by atoms with Gasteiger partial charge in [-0.3, -0.25) is 0 Å². The minimum Gasteiger partial charge on any atom is -0.466 e. The fourth-order valence-corrected chi connectivity index (χ4v) is 2.05. The highest BCUT2D eigenvalue weighted by Crippen LogP contribution is 2.31. The topological polar surface area (TPSA) is 39.2 Å². The van der Waals surface area contributed by atoms with Gasteiger partial charge < -0.3 is 8.83 Å². The molecule has 2 aromatic rings. The molecule has 92 valence electrons. The third-order valence-corrected chi connectivity index (χ3v) is 3.15. The Bertz CT molecular complexity index is 513. The number of nitrogens with zero attached hydrogens (tertiary/aromatic N) is 1. The van der Waals surface area contributed by atoms with Crippen LogP contribution in [0.15, 0.2) is 15.0 Å². The number of aromatic nitrogens is 1. The van der Waals surface area contributed by atoms with Crippen LogP contribution in [0.3, 0.4) is 0 Å². The van der Waals surface area contributed by atoms with Crippen LogP contribution in [-0.4, -0.2) is 10.9 Å². The van der Waals surface area contributed by atoms with Gasteiger partial charge in [-0.25, -0.2) is 4.98 Å². The number of oxazole rings is 1. The summed E-state index contributed by atoms with van der Waals surface area (Å²) in [7, 11) is 0. The van der Waals surface area contributed by atoms with Crippen molar-refractivity contribution in [1.82, 2.24) is 4.98 Å². The lowest BCUT2D eigenvalue weighted by atomic mass is 10.1. The molecule has 0 spiro atoms. The minimum atomic E-state index is 0.626. The van der Waals surface area contributed by atoms with Crippen molar-refractivity contribution in [2.75, 3.05) is 5.88 Å². The van der Waals surface area contributed by atoms with Crippen molar-refractivity contribution in [2.24, 2.45) is 0 Å². The van der Waals surface area contributed by atoms with Gasteiger partial charge in [0, 0.05) is 17.9 Å². The van der Waals surface area contributed by atoms with Crippen molar-refractivity contribution >= 4 is 11.6 Å². The van der Waals surface area contributed by atoms with E-state index in [9.17, 15) is 0 Å². The maximum Gasteiger partial charge on any atom is 0.194 e. The van der Waals surface area contributed by atoms with Crippen LogP contribution in [0.25, 0.3) is 11.3 Å². The van der Waals surface area contributed by atoms with Crippen LogP contribution in [-0.2, 0) is 6.42 Å². The lowest BCUT2D eigenvalue weighted by molar-refractivity contribution is 0.492. The smallest absolute Gasteiger partial charge is 0.194 e. The van der Waals surface area contributed by atoms with Gasteiger partial charge in [0.25, 0.3) is 0 Å². The standard InChI is InChI=1S/C13H16ClNO2/c1-8-9(2)16-10(3)13(8)11-7-15-12(17-11)5-4-6-14/h7H,4-6H2,1-3H3. The van der Waals surface area contributed by atoms with Crippen LogP contribution in [0.1, 0.15) is 29.4 Å². The summed E-state index contributed by atoms with van der Waals surface area (Å²) in [6.07, 6.45) is 3.41. The first-order chi connectivity index (χ1) is 8.13. The third kappa shape index (κ3) is 2.39. The van der Waals surface area contributed by atoms with Crippen molar-refractivity contribution in [3.05, 3.63) is 29.2 Å². The van der Waals surface area contributed by atoms with Crippen molar-refractivity contribution in [3.63, 3.8) is 0 Å². The molecule has 0 atom stereocenters. The molecule has 3 nitrogen and oxygen atoms in total. The van der Waals surface area contributed by atoms with Crippen molar-refractivity contribution in [1.29, 1.82) is 0 Å². The number of hydrogen-bond acceptors (Lipinski definition) is 3. The molecule has 0 aliphatic carbocycles. The van der Waals surface area contributed by atoms with E-state index in [0.29, 0.717) is 5.88 Å². The monoisotopic (exact) mass is 253 g/mol. The van der Waals surface area contributed by atoms with Gasteiger partial charge in [-0.15, -0.1) is 11.6 Å². The molecule has 0 saturated heterocycles. The molecule has 0 aliphatic heterocycles. The Kier molecular flexibility index (Phi) is 3.57.